The van der Waals surface area contributed by atoms with Crippen LogP contribution in [0.2, 0.25) is 0 Å². The zero-order valence-corrected chi connectivity index (χ0v) is 18.4. The van der Waals surface area contributed by atoms with Crippen molar-refractivity contribution in [2.75, 3.05) is 19.4 Å². The van der Waals surface area contributed by atoms with E-state index in [9.17, 15) is 4.79 Å². The second-order valence-corrected chi connectivity index (χ2v) is 7.11. The minimum Gasteiger partial charge on any atom is -0.322 e. The second-order valence-electron chi connectivity index (χ2n) is 7.11. The van der Waals surface area contributed by atoms with Crippen molar-refractivity contribution in [3.63, 3.8) is 0 Å². The summed E-state index contributed by atoms with van der Waals surface area (Å²) in [5, 5.41) is 3.04. The molecule has 1 aliphatic rings. The number of fused-ring (bicyclic) bond motifs is 1. The van der Waals surface area contributed by atoms with E-state index in [1.165, 1.54) is 22.3 Å². The fraction of sp³-hybridized carbons (Fsp3) is 0.318. The van der Waals surface area contributed by atoms with Gasteiger partial charge in [-0.25, -0.2) is 0 Å². The average Bonchev–Trinajstić information content (AvgIpc) is 2.78. The van der Waals surface area contributed by atoms with Crippen LogP contribution in [0, 0.1) is 6.92 Å². The van der Waals surface area contributed by atoms with E-state index in [1.807, 2.05) is 26.2 Å². The topological polar surface area (TPSA) is 32.3 Å². The summed E-state index contributed by atoms with van der Waals surface area (Å²) >= 11 is 0. The molecule has 137 valence electrons. The van der Waals surface area contributed by atoms with Crippen LogP contribution < -0.4 is 5.32 Å². The number of amides is 1. The predicted octanol–water partition coefficient (Wildman–Crippen LogP) is 4.41. The molecule has 0 heterocycles. The molecule has 1 radical (unpaired) electrons. The Kier molecular flexibility index (Phi) is 7.35. The van der Waals surface area contributed by atoms with Crippen LogP contribution in [0.15, 0.2) is 48.0 Å². The first-order chi connectivity index (χ1) is 12.0. The molecule has 0 saturated carbocycles. The maximum absolute atomic E-state index is 12.7. The van der Waals surface area contributed by atoms with Crippen LogP contribution in [0.1, 0.15) is 35.1 Å². The Morgan fingerprint density at radius 1 is 1.08 bits per heavy atom. The standard InChI is InChI=1S/C22H26N2O.Re/c1-16-7-10-18-5-4-6-19(14-20(18)13-16)22(25)23-21-11-8-17(9-12-21)15-24(2)3;/h7-14H,4-6,15H2,1-3H3,(H,23,25);. The van der Waals surface area contributed by atoms with E-state index >= 15 is 0 Å². The predicted molar refractivity (Wildman–Crippen MR) is 105 cm³/mol. The van der Waals surface area contributed by atoms with Gasteiger partial charge in [0.1, 0.15) is 0 Å². The van der Waals surface area contributed by atoms with Gasteiger partial charge in [-0.2, -0.15) is 0 Å². The number of anilines is 1. The fourth-order valence-electron chi connectivity index (χ4n) is 3.25. The van der Waals surface area contributed by atoms with Crippen LogP contribution in [0.5, 0.6) is 0 Å². The first-order valence-electron chi connectivity index (χ1n) is 8.86. The summed E-state index contributed by atoms with van der Waals surface area (Å²) in [5.74, 6) is 0.00900. The molecule has 0 atom stereocenters. The van der Waals surface area contributed by atoms with Gasteiger partial charge in [0.2, 0.25) is 0 Å². The van der Waals surface area contributed by atoms with Gasteiger partial charge in [0.15, 0.2) is 0 Å². The molecule has 0 aliphatic heterocycles. The van der Waals surface area contributed by atoms with Crippen molar-refractivity contribution in [2.45, 2.75) is 32.7 Å². The van der Waals surface area contributed by atoms with E-state index < -0.39 is 0 Å². The number of rotatable bonds is 4. The van der Waals surface area contributed by atoms with Gasteiger partial charge in [-0.15, -0.1) is 0 Å². The van der Waals surface area contributed by atoms with E-state index in [1.54, 1.807) is 0 Å². The third-order valence-corrected chi connectivity index (χ3v) is 4.53. The second kappa shape index (κ2) is 9.28. The van der Waals surface area contributed by atoms with E-state index in [4.69, 9.17) is 0 Å². The van der Waals surface area contributed by atoms with Crippen molar-refractivity contribution in [1.82, 2.24) is 4.90 Å². The average molecular weight is 521 g/mol. The van der Waals surface area contributed by atoms with Crippen molar-refractivity contribution in [1.29, 1.82) is 0 Å². The Bertz CT molecular complexity index is 794. The minimum atomic E-state index is 0. The molecule has 3 nitrogen and oxygen atoms in total. The minimum absolute atomic E-state index is 0. The van der Waals surface area contributed by atoms with E-state index in [0.29, 0.717) is 0 Å². The molecule has 0 unspecified atom stereocenters. The summed E-state index contributed by atoms with van der Waals surface area (Å²) in [6.45, 7) is 2.99. The van der Waals surface area contributed by atoms with Gasteiger partial charge in [-0.05, 0) is 75.2 Å². The van der Waals surface area contributed by atoms with Crippen molar-refractivity contribution in [3.8, 4) is 0 Å². The van der Waals surface area contributed by atoms with Gasteiger partial charge >= 0.3 is 0 Å². The van der Waals surface area contributed by atoms with Crippen LogP contribution in [0.3, 0.4) is 0 Å². The number of hydrogen-bond donors (Lipinski definition) is 1. The zero-order valence-electron chi connectivity index (χ0n) is 15.7. The largest absolute Gasteiger partial charge is 0.322 e. The maximum atomic E-state index is 12.7. The van der Waals surface area contributed by atoms with Crippen LogP contribution >= 0.6 is 0 Å². The summed E-state index contributed by atoms with van der Waals surface area (Å²) in [7, 11) is 4.10. The molecule has 3 rings (SSSR count). The van der Waals surface area contributed by atoms with Gasteiger partial charge in [-0.1, -0.05) is 35.9 Å². The number of aryl methyl sites for hydroxylation is 2. The van der Waals surface area contributed by atoms with Crippen molar-refractivity contribution < 1.29 is 25.2 Å². The maximum Gasteiger partial charge on any atom is 0.251 e. The molecule has 0 fully saturated rings. The SMILES string of the molecule is Cc1ccc2c(c1)C=C(C(=O)Nc1ccc(CN(C)C)cc1)CCC2.[Re]. The Labute approximate surface area is 170 Å². The smallest absolute Gasteiger partial charge is 0.251 e. The Balaban J connectivity index is 0.00000243. The van der Waals surface area contributed by atoms with Gasteiger partial charge in [0.05, 0.1) is 0 Å². The van der Waals surface area contributed by atoms with E-state index in [-0.39, 0.29) is 26.3 Å². The molecular weight excluding hydrogens is 494 g/mol. The number of carbonyl (C=O) groups excluding carboxylic acids is 1. The number of benzene rings is 2. The van der Waals surface area contributed by atoms with Crippen LogP contribution in [0.25, 0.3) is 6.08 Å². The van der Waals surface area contributed by atoms with Crippen LogP contribution in [-0.2, 0) is 38.2 Å². The Morgan fingerprint density at radius 2 is 1.81 bits per heavy atom. The Morgan fingerprint density at radius 3 is 2.50 bits per heavy atom. The quantitative estimate of drug-likeness (QED) is 0.648. The van der Waals surface area contributed by atoms with Crippen molar-refractivity contribution >= 4 is 17.7 Å². The number of nitrogens with one attached hydrogen (secondary N) is 1. The van der Waals surface area contributed by atoms with Crippen molar-refractivity contribution in [3.05, 3.63) is 70.3 Å². The molecule has 26 heavy (non-hydrogen) atoms. The number of carbonyl (C=O) groups is 1. The summed E-state index contributed by atoms with van der Waals surface area (Å²) in [6, 6.07) is 14.6. The molecule has 0 bridgehead atoms. The van der Waals surface area contributed by atoms with E-state index in [0.717, 1.165) is 37.1 Å². The van der Waals surface area contributed by atoms with E-state index in [2.05, 4.69) is 53.5 Å². The number of nitrogens with zero attached hydrogens (tertiary/aromatic N) is 1. The van der Waals surface area contributed by atoms with Gasteiger partial charge < -0.3 is 10.2 Å². The molecule has 0 spiro atoms. The third-order valence-electron chi connectivity index (χ3n) is 4.53. The Hall–Kier alpha value is -1.73. The van der Waals surface area contributed by atoms with Crippen LogP contribution in [-0.4, -0.2) is 24.9 Å². The van der Waals surface area contributed by atoms with Gasteiger partial charge in [-0.3, -0.25) is 4.79 Å². The zero-order chi connectivity index (χ0) is 17.8. The summed E-state index contributed by atoms with van der Waals surface area (Å²) < 4.78 is 0. The van der Waals surface area contributed by atoms with Crippen molar-refractivity contribution in [2.24, 2.45) is 0 Å². The fourth-order valence-corrected chi connectivity index (χ4v) is 3.25. The molecular formula is C22H26N2ORe. The molecule has 0 saturated heterocycles. The molecule has 2 aromatic rings. The summed E-state index contributed by atoms with van der Waals surface area (Å²) in [4.78, 5) is 14.8. The van der Waals surface area contributed by atoms with Crippen LogP contribution in [0.4, 0.5) is 5.69 Å². The molecule has 0 aromatic heterocycles. The molecule has 1 aliphatic carbocycles. The third kappa shape index (κ3) is 5.38. The molecule has 1 N–H and O–H groups in total. The normalized spacial score (nSPS) is 13.3. The van der Waals surface area contributed by atoms with Gasteiger partial charge in [0, 0.05) is 38.2 Å². The molecule has 1 amide bonds. The summed E-state index contributed by atoms with van der Waals surface area (Å²) in [6.07, 6.45) is 4.92. The monoisotopic (exact) mass is 521 g/mol. The van der Waals surface area contributed by atoms with Gasteiger partial charge in [0.25, 0.3) is 5.91 Å². The number of hydrogen-bond acceptors (Lipinski definition) is 2. The molecule has 4 heteroatoms. The summed E-state index contributed by atoms with van der Waals surface area (Å²) in [5.41, 5.74) is 6.70. The molecule has 2 aromatic carbocycles. The first kappa shape index (κ1) is 20.6. The first-order valence-corrected chi connectivity index (χ1v) is 8.86.